The number of nitrogens with two attached hydrogens (primary N) is 1. The summed E-state index contributed by atoms with van der Waals surface area (Å²) in [6, 6.07) is 18.7. The van der Waals surface area contributed by atoms with Gasteiger partial charge in [0, 0.05) is 23.9 Å². The van der Waals surface area contributed by atoms with Gasteiger partial charge in [-0.3, -0.25) is 9.59 Å². The second-order valence-corrected chi connectivity index (χ2v) is 9.88. The van der Waals surface area contributed by atoms with Crippen molar-refractivity contribution in [3.8, 4) is 23.3 Å². The Labute approximate surface area is 220 Å². The van der Waals surface area contributed by atoms with Crippen molar-refractivity contribution < 1.29 is 9.59 Å². The summed E-state index contributed by atoms with van der Waals surface area (Å²) in [5.41, 5.74) is 9.91. The molecule has 37 heavy (non-hydrogen) atoms. The summed E-state index contributed by atoms with van der Waals surface area (Å²) in [7, 11) is 0. The van der Waals surface area contributed by atoms with Gasteiger partial charge < -0.3 is 16.4 Å². The molecule has 0 radical (unpaired) electrons. The largest absolute Gasteiger partial charge is 0.383 e. The van der Waals surface area contributed by atoms with E-state index in [0.717, 1.165) is 17.3 Å². The standard InChI is InChI=1S/C28H28N6O2S/c1-5-24(27(36)33-21-12-10-20(11-13-21)32-17(4)35)37-28-23(15-30)25(22(14-29)26(31)34-28)19-8-6-18(7-9-19)16(2)3/h6-13,16,24H,5H2,1-4H3,(H2,31,34)(H,32,35)(H,33,36). The third kappa shape index (κ3) is 6.46. The van der Waals surface area contributed by atoms with Gasteiger partial charge in [0.1, 0.15) is 28.5 Å². The molecule has 0 bridgehead atoms. The van der Waals surface area contributed by atoms with Crippen molar-refractivity contribution in [1.29, 1.82) is 10.5 Å². The van der Waals surface area contributed by atoms with Crippen LogP contribution in [-0.2, 0) is 9.59 Å². The molecule has 0 fully saturated rings. The van der Waals surface area contributed by atoms with Crippen LogP contribution < -0.4 is 16.4 Å². The Morgan fingerprint density at radius 2 is 1.54 bits per heavy atom. The number of nitrogen functional groups attached to an aromatic ring is 1. The number of nitrogens with one attached hydrogen (secondary N) is 2. The minimum absolute atomic E-state index is 0.00996. The first-order valence-electron chi connectivity index (χ1n) is 11.8. The number of hydrogen-bond acceptors (Lipinski definition) is 7. The lowest BCUT2D eigenvalue weighted by molar-refractivity contribution is -0.116. The molecule has 1 aromatic heterocycles. The van der Waals surface area contributed by atoms with Crippen molar-refractivity contribution in [2.45, 2.75) is 50.3 Å². The maximum absolute atomic E-state index is 13.1. The number of amides is 2. The van der Waals surface area contributed by atoms with Gasteiger partial charge in [0.15, 0.2) is 0 Å². The maximum Gasteiger partial charge on any atom is 0.237 e. The van der Waals surface area contributed by atoms with Gasteiger partial charge in [0.25, 0.3) is 0 Å². The number of hydrogen-bond donors (Lipinski definition) is 3. The van der Waals surface area contributed by atoms with E-state index >= 15 is 0 Å². The number of nitriles is 2. The fourth-order valence-electron chi connectivity index (χ4n) is 3.73. The molecule has 0 saturated heterocycles. The number of carbonyl (C=O) groups is 2. The van der Waals surface area contributed by atoms with Crippen LogP contribution in [0.5, 0.6) is 0 Å². The Balaban J connectivity index is 1.93. The zero-order chi connectivity index (χ0) is 27.1. The normalized spacial score (nSPS) is 11.3. The van der Waals surface area contributed by atoms with E-state index < -0.39 is 5.25 Å². The van der Waals surface area contributed by atoms with E-state index in [0.29, 0.717) is 39.9 Å². The quantitative estimate of drug-likeness (QED) is 0.330. The van der Waals surface area contributed by atoms with E-state index in [2.05, 4.69) is 41.6 Å². The highest BCUT2D eigenvalue weighted by Gasteiger charge is 2.25. The van der Waals surface area contributed by atoms with Crippen LogP contribution in [0, 0.1) is 22.7 Å². The average Bonchev–Trinajstić information content (AvgIpc) is 2.87. The van der Waals surface area contributed by atoms with Crippen molar-refractivity contribution in [2.75, 3.05) is 16.4 Å². The number of benzene rings is 2. The molecule has 1 atom stereocenters. The molecule has 3 rings (SSSR count). The van der Waals surface area contributed by atoms with E-state index in [-0.39, 0.29) is 28.8 Å². The molecule has 4 N–H and O–H groups in total. The predicted octanol–water partition coefficient (Wildman–Crippen LogP) is 5.67. The summed E-state index contributed by atoms with van der Waals surface area (Å²) in [4.78, 5) is 28.6. The Morgan fingerprint density at radius 1 is 0.973 bits per heavy atom. The summed E-state index contributed by atoms with van der Waals surface area (Å²) in [5, 5.41) is 25.1. The molecule has 0 spiro atoms. The SMILES string of the molecule is CCC(Sc1nc(N)c(C#N)c(-c2ccc(C(C)C)cc2)c1C#N)C(=O)Nc1ccc(NC(C)=O)cc1. The van der Waals surface area contributed by atoms with E-state index in [1.807, 2.05) is 31.2 Å². The molecule has 1 unspecified atom stereocenters. The van der Waals surface area contributed by atoms with Crippen LogP contribution in [0.25, 0.3) is 11.1 Å². The highest BCUT2D eigenvalue weighted by molar-refractivity contribution is 8.00. The number of thioether (sulfide) groups is 1. The number of rotatable bonds is 8. The first-order valence-corrected chi connectivity index (χ1v) is 12.7. The van der Waals surface area contributed by atoms with Crippen LogP contribution in [-0.4, -0.2) is 22.0 Å². The third-order valence-corrected chi connectivity index (χ3v) is 7.02. The van der Waals surface area contributed by atoms with Crippen molar-refractivity contribution in [3.63, 3.8) is 0 Å². The lowest BCUT2D eigenvalue weighted by Crippen LogP contribution is -2.25. The summed E-state index contributed by atoms with van der Waals surface area (Å²) < 4.78 is 0. The van der Waals surface area contributed by atoms with Crippen molar-refractivity contribution >= 4 is 40.8 Å². The lowest BCUT2D eigenvalue weighted by Gasteiger charge is -2.18. The zero-order valence-corrected chi connectivity index (χ0v) is 21.9. The van der Waals surface area contributed by atoms with Crippen molar-refractivity contribution in [2.24, 2.45) is 0 Å². The van der Waals surface area contributed by atoms with Crippen LogP contribution in [0.2, 0.25) is 0 Å². The minimum Gasteiger partial charge on any atom is -0.383 e. The predicted molar refractivity (Wildman–Crippen MR) is 147 cm³/mol. The number of nitrogens with zero attached hydrogens (tertiary/aromatic N) is 3. The van der Waals surface area contributed by atoms with Crippen LogP contribution >= 0.6 is 11.8 Å². The van der Waals surface area contributed by atoms with Gasteiger partial charge in [-0.05, 0) is 47.7 Å². The first kappa shape index (κ1) is 27.3. The molecule has 2 amide bonds. The first-order chi connectivity index (χ1) is 17.7. The molecule has 8 nitrogen and oxygen atoms in total. The topological polar surface area (TPSA) is 145 Å². The van der Waals surface area contributed by atoms with Crippen LogP contribution in [0.3, 0.4) is 0 Å². The fourth-order valence-corrected chi connectivity index (χ4v) is 4.75. The van der Waals surface area contributed by atoms with Crippen LogP contribution in [0.15, 0.2) is 53.6 Å². The summed E-state index contributed by atoms with van der Waals surface area (Å²) in [6.45, 7) is 7.46. The Kier molecular flexibility index (Phi) is 8.89. The molecule has 188 valence electrons. The molecule has 3 aromatic rings. The van der Waals surface area contributed by atoms with Gasteiger partial charge in [-0.1, -0.05) is 56.8 Å². The smallest absolute Gasteiger partial charge is 0.237 e. The molecule has 0 aliphatic carbocycles. The number of aromatic nitrogens is 1. The molecule has 1 heterocycles. The third-order valence-electron chi connectivity index (χ3n) is 5.67. The van der Waals surface area contributed by atoms with Gasteiger partial charge in [-0.25, -0.2) is 4.98 Å². The number of pyridine rings is 1. The van der Waals surface area contributed by atoms with Gasteiger partial charge in [0.2, 0.25) is 11.8 Å². The van der Waals surface area contributed by atoms with E-state index in [4.69, 9.17) is 5.73 Å². The van der Waals surface area contributed by atoms with Gasteiger partial charge in [-0.2, -0.15) is 10.5 Å². The number of anilines is 3. The zero-order valence-electron chi connectivity index (χ0n) is 21.1. The van der Waals surface area contributed by atoms with Crippen LogP contribution in [0.4, 0.5) is 17.2 Å². The number of carbonyl (C=O) groups excluding carboxylic acids is 2. The van der Waals surface area contributed by atoms with E-state index in [1.165, 1.54) is 6.92 Å². The molecule has 0 aliphatic rings. The van der Waals surface area contributed by atoms with Crippen LogP contribution in [0.1, 0.15) is 56.7 Å². The minimum atomic E-state index is -0.571. The highest BCUT2D eigenvalue weighted by Crippen LogP contribution is 2.38. The molecule has 9 heteroatoms. The summed E-state index contributed by atoms with van der Waals surface area (Å²) >= 11 is 1.14. The fraction of sp³-hybridized carbons (Fsp3) is 0.250. The lowest BCUT2D eigenvalue weighted by atomic mass is 9.94. The molecular formula is C28H28N6O2S. The highest BCUT2D eigenvalue weighted by atomic mass is 32.2. The van der Waals surface area contributed by atoms with E-state index in [1.54, 1.807) is 24.3 Å². The summed E-state index contributed by atoms with van der Waals surface area (Å²) in [5.74, 6) is -0.108. The van der Waals surface area contributed by atoms with Crippen molar-refractivity contribution in [3.05, 3.63) is 65.2 Å². The van der Waals surface area contributed by atoms with Gasteiger partial charge in [-0.15, -0.1) is 0 Å². The summed E-state index contributed by atoms with van der Waals surface area (Å²) in [6.07, 6.45) is 0.464. The Bertz CT molecular complexity index is 1390. The average molecular weight is 513 g/mol. The molecular weight excluding hydrogens is 484 g/mol. The second-order valence-electron chi connectivity index (χ2n) is 8.69. The Hall–Kier alpha value is -4.34. The van der Waals surface area contributed by atoms with E-state index in [9.17, 15) is 20.1 Å². The molecule has 2 aromatic carbocycles. The maximum atomic E-state index is 13.1. The Morgan fingerprint density at radius 3 is 2.03 bits per heavy atom. The monoisotopic (exact) mass is 512 g/mol. The van der Waals surface area contributed by atoms with Gasteiger partial charge in [0.05, 0.1) is 10.8 Å². The van der Waals surface area contributed by atoms with Crippen molar-refractivity contribution in [1.82, 2.24) is 4.98 Å². The van der Waals surface area contributed by atoms with Gasteiger partial charge >= 0.3 is 0 Å². The molecule has 0 aliphatic heterocycles. The second kappa shape index (κ2) is 12.1. The molecule has 0 saturated carbocycles.